The van der Waals surface area contributed by atoms with E-state index in [0.29, 0.717) is 12.5 Å². The summed E-state index contributed by atoms with van der Waals surface area (Å²) in [7, 11) is 0. The quantitative estimate of drug-likeness (QED) is 0.637. The molecule has 0 fully saturated rings. The van der Waals surface area contributed by atoms with Gasteiger partial charge >= 0.3 is 0 Å². The van der Waals surface area contributed by atoms with Crippen LogP contribution in [0.15, 0.2) is 41.8 Å². The smallest absolute Gasteiger partial charge is 0.165 e. The predicted octanol–water partition coefficient (Wildman–Crippen LogP) is 3.70. The van der Waals surface area contributed by atoms with E-state index < -0.39 is 0 Å². The van der Waals surface area contributed by atoms with Crippen molar-refractivity contribution in [3.8, 4) is 5.75 Å². The van der Waals surface area contributed by atoms with Gasteiger partial charge in [0, 0.05) is 18.1 Å². The Kier molecular flexibility index (Phi) is 4.70. The second-order valence-corrected chi connectivity index (χ2v) is 5.40. The molecule has 96 valence electrons. The summed E-state index contributed by atoms with van der Waals surface area (Å²) in [6.45, 7) is 5.07. The molecule has 3 nitrogen and oxygen atoms in total. The largest absolute Gasteiger partial charge is 0.493 e. The zero-order chi connectivity index (χ0) is 12.8. The van der Waals surface area contributed by atoms with Crippen LogP contribution < -0.4 is 4.74 Å². The van der Waals surface area contributed by atoms with Crippen molar-refractivity contribution in [2.24, 2.45) is 0 Å². The third-order valence-electron chi connectivity index (χ3n) is 2.61. The number of nitrogens with zero attached hydrogens (tertiary/aromatic N) is 1. The first-order valence-electron chi connectivity index (χ1n) is 6.10. The highest BCUT2D eigenvalue weighted by molar-refractivity contribution is 7.99. The number of ether oxygens (including phenoxy) is 1. The lowest BCUT2D eigenvalue weighted by Gasteiger charge is -2.08. The molecular weight excluding hydrogens is 244 g/mol. The fourth-order valence-electron chi connectivity index (χ4n) is 1.58. The molecule has 0 spiro atoms. The van der Waals surface area contributed by atoms with E-state index in [1.807, 2.05) is 18.3 Å². The highest BCUT2D eigenvalue weighted by Crippen LogP contribution is 2.19. The number of hydrogen-bond acceptors (Lipinski definition) is 3. The lowest BCUT2D eigenvalue weighted by atomic mass is 10.0. The van der Waals surface area contributed by atoms with Crippen molar-refractivity contribution in [3.63, 3.8) is 0 Å². The van der Waals surface area contributed by atoms with Gasteiger partial charge in [-0.2, -0.15) is 0 Å². The molecule has 1 heterocycles. The van der Waals surface area contributed by atoms with Gasteiger partial charge < -0.3 is 9.72 Å². The molecule has 0 amide bonds. The third kappa shape index (κ3) is 3.81. The minimum absolute atomic E-state index is 0.563. The van der Waals surface area contributed by atoms with E-state index in [4.69, 9.17) is 4.74 Å². The first-order chi connectivity index (χ1) is 8.75. The molecule has 0 aliphatic rings. The summed E-state index contributed by atoms with van der Waals surface area (Å²) in [4.78, 5) is 7.20. The van der Waals surface area contributed by atoms with Gasteiger partial charge in [-0.1, -0.05) is 37.7 Å². The van der Waals surface area contributed by atoms with Gasteiger partial charge in [0.1, 0.15) is 5.75 Å². The maximum Gasteiger partial charge on any atom is 0.165 e. The van der Waals surface area contributed by atoms with Crippen LogP contribution in [0.4, 0.5) is 0 Å². The van der Waals surface area contributed by atoms with Crippen LogP contribution in [0.5, 0.6) is 5.75 Å². The molecule has 0 saturated carbocycles. The Hall–Kier alpha value is -1.42. The SMILES string of the molecule is CC(C)c1ccc(OCCSc2ncc[nH]2)cc1. The van der Waals surface area contributed by atoms with E-state index in [1.165, 1.54) is 5.56 Å². The number of rotatable bonds is 6. The normalized spacial score (nSPS) is 10.8. The second kappa shape index (κ2) is 6.50. The Morgan fingerprint density at radius 3 is 2.67 bits per heavy atom. The van der Waals surface area contributed by atoms with Crippen LogP contribution in [0.3, 0.4) is 0 Å². The van der Waals surface area contributed by atoms with Crippen molar-refractivity contribution in [1.82, 2.24) is 9.97 Å². The minimum atomic E-state index is 0.563. The Labute approximate surface area is 112 Å². The molecule has 1 N–H and O–H groups in total. The number of H-pyrrole nitrogens is 1. The number of imidazole rings is 1. The second-order valence-electron chi connectivity index (χ2n) is 4.31. The third-order valence-corrected chi connectivity index (χ3v) is 3.48. The lowest BCUT2D eigenvalue weighted by Crippen LogP contribution is -2.00. The van der Waals surface area contributed by atoms with Gasteiger partial charge in [0.05, 0.1) is 6.61 Å². The van der Waals surface area contributed by atoms with E-state index in [2.05, 4.69) is 35.9 Å². The van der Waals surface area contributed by atoms with E-state index in [-0.39, 0.29) is 0 Å². The number of benzene rings is 1. The summed E-state index contributed by atoms with van der Waals surface area (Å²) in [5, 5.41) is 0.939. The lowest BCUT2D eigenvalue weighted by molar-refractivity contribution is 0.343. The van der Waals surface area contributed by atoms with Crippen molar-refractivity contribution >= 4 is 11.8 Å². The fraction of sp³-hybridized carbons (Fsp3) is 0.357. The summed E-state index contributed by atoms with van der Waals surface area (Å²) in [5.41, 5.74) is 1.34. The fourth-order valence-corrected chi connectivity index (χ4v) is 2.22. The number of nitrogens with one attached hydrogen (secondary N) is 1. The molecule has 0 radical (unpaired) electrons. The Morgan fingerprint density at radius 1 is 1.28 bits per heavy atom. The molecule has 4 heteroatoms. The van der Waals surface area contributed by atoms with Crippen LogP contribution in [0, 0.1) is 0 Å². The highest BCUT2D eigenvalue weighted by atomic mass is 32.2. The average molecular weight is 262 g/mol. The van der Waals surface area contributed by atoms with E-state index in [0.717, 1.165) is 16.7 Å². The van der Waals surface area contributed by atoms with Crippen LogP contribution in [0.25, 0.3) is 0 Å². The van der Waals surface area contributed by atoms with Crippen LogP contribution in [-0.2, 0) is 0 Å². The molecule has 0 aliphatic carbocycles. The van der Waals surface area contributed by atoms with Crippen molar-refractivity contribution in [2.45, 2.75) is 24.9 Å². The van der Waals surface area contributed by atoms with E-state index in [1.54, 1.807) is 18.0 Å². The van der Waals surface area contributed by atoms with Crippen LogP contribution >= 0.6 is 11.8 Å². The first kappa shape index (κ1) is 13.0. The van der Waals surface area contributed by atoms with Gasteiger partial charge in [-0.25, -0.2) is 4.98 Å². The summed E-state index contributed by atoms with van der Waals surface area (Å²) in [5.74, 6) is 2.38. The van der Waals surface area contributed by atoms with Crippen molar-refractivity contribution in [1.29, 1.82) is 0 Å². The monoisotopic (exact) mass is 262 g/mol. The van der Waals surface area contributed by atoms with Gasteiger partial charge in [0.15, 0.2) is 5.16 Å². The van der Waals surface area contributed by atoms with Crippen molar-refractivity contribution in [3.05, 3.63) is 42.2 Å². The van der Waals surface area contributed by atoms with Crippen LogP contribution in [0.2, 0.25) is 0 Å². The molecule has 0 bridgehead atoms. The molecule has 1 aromatic carbocycles. The van der Waals surface area contributed by atoms with Crippen molar-refractivity contribution < 1.29 is 4.74 Å². The van der Waals surface area contributed by atoms with Crippen LogP contribution in [0.1, 0.15) is 25.3 Å². The Bertz CT molecular complexity index is 451. The van der Waals surface area contributed by atoms with Crippen LogP contribution in [-0.4, -0.2) is 22.3 Å². The number of aromatic amines is 1. The summed E-state index contributed by atoms with van der Waals surface area (Å²) >= 11 is 1.66. The zero-order valence-electron chi connectivity index (χ0n) is 10.7. The predicted molar refractivity (Wildman–Crippen MR) is 75.3 cm³/mol. The molecule has 0 atom stereocenters. The minimum Gasteiger partial charge on any atom is -0.493 e. The standard InChI is InChI=1S/C14H18N2OS/c1-11(2)12-3-5-13(6-4-12)17-9-10-18-14-15-7-8-16-14/h3-8,11H,9-10H2,1-2H3,(H,15,16). The van der Waals surface area contributed by atoms with E-state index >= 15 is 0 Å². The van der Waals surface area contributed by atoms with Crippen molar-refractivity contribution in [2.75, 3.05) is 12.4 Å². The summed E-state index contributed by atoms with van der Waals surface area (Å²) in [6.07, 6.45) is 3.58. The molecule has 18 heavy (non-hydrogen) atoms. The van der Waals surface area contributed by atoms with Gasteiger partial charge in [-0.05, 0) is 23.6 Å². The van der Waals surface area contributed by atoms with Gasteiger partial charge in [-0.3, -0.25) is 0 Å². The average Bonchev–Trinajstić information content (AvgIpc) is 2.88. The van der Waals surface area contributed by atoms with Gasteiger partial charge in [-0.15, -0.1) is 0 Å². The maximum atomic E-state index is 5.68. The first-order valence-corrected chi connectivity index (χ1v) is 7.09. The number of hydrogen-bond donors (Lipinski definition) is 1. The molecule has 0 unspecified atom stereocenters. The summed E-state index contributed by atoms with van der Waals surface area (Å²) in [6, 6.07) is 8.32. The number of aromatic nitrogens is 2. The topological polar surface area (TPSA) is 37.9 Å². The molecule has 1 aromatic heterocycles. The molecular formula is C14H18N2OS. The van der Waals surface area contributed by atoms with Gasteiger partial charge in [0.25, 0.3) is 0 Å². The number of thioether (sulfide) groups is 1. The molecule has 0 aliphatic heterocycles. The zero-order valence-corrected chi connectivity index (χ0v) is 11.5. The maximum absolute atomic E-state index is 5.68. The summed E-state index contributed by atoms with van der Waals surface area (Å²) < 4.78 is 5.68. The van der Waals surface area contributed by atoms with E-state index in [9.17, 15) is 0 Å². The molecule has 0 saturated heterocycles. The Balaban J connectivity index is 1.73. The van der Waals surface area contributed by atoms with Gasteiger partial charge in [0.2, 0.25) is 0 Å². The molecule has 2 rings (SSSR count). The highest BCUT2D eigenvalue weighted by Gasteiger charge is 2.00. The Morgan fingerprint density at radius 2 is 2.06 bits per heavy atom. The molecule has 2 aromatic rings.